The van der Waals surface area contributed by atoms with Crippen LogP contribution in [0.15, 0.2) is 6.20 Å². The molecule has 0 saturated carbocycles. The lowest BCUT2D eigenvalue weighted by Crippen LogP contribution is -2.16. The van der Waals surface area contributed by atoms with Gasteiger partial charge < -0.3 is 14.6 Å². The Morgan fingerprint density at radius 1 is 1.39 bits per heavy atom. The number of hydrogen-bond donors (Lipinski definition) is 1. The highest BCUT2D eigenvalue weighted by molar-refractivity contribution is 5.28. The lowest BCUT2D eigenvalue weighted by molar-refractivity contribution is 0.190. The molecule has 4 nitrogen and oxygen atoms in total. The molecule has 1 aromatic heterocycles. The van der Waals surface area contributed by atoms with Crippen molar-refractivity contribution in [2.75, 3.05) is 25.6 Å². The van der Waals surface area contributed by atoms with E-state index < -0.39 is 0 Å². The average Bonchev–Trinajstić information content (AvgIpc) is 2.71. The van der Waals surface area contributed by atoms with Crippen LogP contribution in [0, 0.1) is 12.8 Å². The summed E-state index contributed by atoms with van der Waals surface area (Å²) < 4.78 is 7.28. The minimum Gasteiger partial charge on any atom is -0.385 e. The molecule has 0 aliphatic carbocycles. The first-order valence-electron chi connectivity index (χ1n) is 6.97. The predicted octanol–water partition coefficient (Wildman–Crippen LogP) is 3.08. The fourth-order valence-electron chi connectivity index (χ4n) is 2.05. The van der Waals surface area contributed by atoms with Crippen LogP contribution in [0.4, 0.5) is 5.95 Å². The molecule has 1 heterocycles. The van der Waals surface area contributed by atoms with Gasteiger partial charge >= 0.3 is 0 Å². The zero-order chi connectivity index (χ0) is 13.4. The van der Waals surface area contributed by atoms with Gasteiger partial charge in [-0.15, -0.1) is 0 Å². The third-order valence-electron chi connectivity index (χ3n) is 3.35. The van der Waals surface area contributed by atoms with E-state index in [-0.39, 0.29) is 0 Å². The van der Waals surface area contributed by atoms with Crippen LogP contribution in [0.1, 0.15) is 38.8 Å². The van der Waals surface area contributed by atoms with Crippen molar-refractivity contribution in [3.8, 4) is 0 Å². The first kappa shape index (κ1) is 15.0. The highest BCUT2D eigenvalue weighted by Crippen LogP contribution is 2.12. The molecule has 0 fully saturated rings. The Kier molecular flexibility index (Phi) is 6.80. The zero-order valence-electron chi connectivity index (χ0n) is 12.2. The molecule has 104 valence electrons. The fourth-order valence-corrected chi connectivity index (χ4v) is 2.05. The van der Waals surface area contributed by atoms with Crippen LogP contribution in [0.25, 0.3) is 0 Å². The number of nitrogens with zero attached hydrogens (tertiary/aromatic N) is 2. The van der Waals surface area contributed by atoms with E-state index in [9.17, 15) is 0 Å². The summed E-state index contributed by atoms with van der Waals surface area (Å²) in [6.45, 7) is 9.28. The Balaban J connectivity index is 2.52. The molecule has 1 rings (SSSR count). The van der Waals surface area contributed by atoms with Gasteiger partial charge in [0.2, 0.25) is 5.95 Å². The lowest BCUT2D eigenvalue weighted by Gasteiger charge is -2.15. The zero-order valence-corrected chi connectivity index (χ0v) is 12.2. The van der Waals surface area contributed by atoms with Gasteiger partial charge in [-0.2, -0.15) is 0 Å². The third kappa shape index (κ3) is 4.69. The van der Waals surface area contributed by atoms with Crippen molar-refractivity contribution in [3.63, 3.8) is 0 Å². The molecule has 4 heteroatoms. The standard InChI is InChI=1S/C14H27N3O/c1-5-13(6-2)10-15-14-16-12(3)11-17(14)8-7-9-18-4/h11,13H,5-10H2,1-4H3,(H,15,16). The topological polar surface area (TPSA) is 39.1 Å². The smallest absolute Gasteiger partial charge is 0.203 e. The fraction of sp³-hybridized carbons (Fsp3) is 0.786. The first-order valence-corrected chi connectivity index (χ1v) is 6.97. The van der Waals surface area contributed by atoms with Gasteiger partial charge in [-0.25, -0.2) is 4.98 Å². The maximum atomic E-state index is 5.09. The van der Waals surface area contributed by atoms with E-state index in [2.05, 4.69) is 34.9 Å². The Labute approximate surface area is 111 Å². The SMILES string of the molecule is CCC(CC)CNc1nc(C)cn1CCCOC. The number of hydrogen-bond acceptors (Lipinski definition) is 3. The van der Waals surface area contributed by atoms with Gasteiger partial charge in [0, 0.05) is 33.0 Å². The predicted molar refractivity (Wildman–Crippen MR) is 76.0 cm³/mol. The largest absolute Gasteiger partial charge is 0.385 e. The molecule has 0 amide bonds. The van der Waals surface area contributed by atoms with Crippen LogP contribution in [0.2, 0.25) is 0 Å². The van der Waals surface area contributed by atoms with Crippen LogP contribution < -0.4 is 5.32 Å². The number of methoxy groups -OCH3 is 1. The number of imidazole rings is 1. The molecular formula is C14H27N3O. The molecule has 0 unspecified atom stereocenters. The molecule has 0 aliphatic heterocycles. The maximum Gasteiger partial charge on any atom is 0.203 e. The second-order valence-corrected chi connectivity index (χ2v) is 4.81. The summed E-state index contributed by atoms with van der Waals surface area (Å²) in [5.41, 5.74) is 1.07. The molecule has 0 spiro atoms. The highest BCUT2D eigenvalue weighted by Gasteiger charge is 2.08. The van der Waals surface area contributed by atoms with Gasteiger partial charge in [-0.3, -0.25) is 0 Å². The van der Waals surface area contributed by atoms with E-state index in [1.54, 1.807) is 7.11 Å². The van der Waals surface area contributed by atoms with Crippen LogP contribution in [-0.4, -0.2) is 29.8 Å². The Morgan fingerprint density at radius 3 is 2.72 bits per heavy atom. The van der Waals surface area contributed by atoms with Crippen molar-refractivity contribution in [1.29, 1.82) is 0 Å². The summed E-state index contributed by atoms with van der Waals surface area (Å²) in [7, 11) is 1.74. The molecule has 0 radical (unpaired) electrons. The normalized spacial score (nSPS) is 11.2. The van der Waals surface area contributed by atoms with Gasteiger partial charge in [0.05, 0.1) is 5.69 Å². The molecule has 0 bridgehead atoms. The number of aromatic nitrogens is 2. The van der Waals surface area contributed by atoms with Gasteiger partial charge in [0.1, 0.15) is 0 Å². The third-order valence-corrected chi connectivity index (χ3v) is 3.35. The van der Waals surface area contributed by atoms with Gasteiger partial charge in [-0.1, -0.05) is 26.7 Å². The summed E-state index contributed by atoms with van der Waals surface area (Å²) in [6, 6.07) is 0. The van der Waals surface area contributed by atoms with E-state index in [1.807, 2.05) is 6.92 Å². The highest BCUT2D eigenvalue weighted by atomic mass is 16.5. The quantitative estimate of drug-likeness (QED) is 0.687. The summed E-state index contributed by atoms with van der Waals surface area (Å²) in [5.74, 6) is 1.73. The van der Waals surface area contributed by atoms with E-state index in [0.29, 0.717) is 0 Å². The van der Waals surface area contributed by atoms with Crippen molar-refractivity contribution < 1.29 is 4.74 Å². The molecular weight excluding hydrogens is 226 g/mol. The number of rotatable bonds is 9. The molecule has 18 heavy (non-hydrogen) atoms. The number of ether oxygens (including phenoxy) is 1. The lowest BCUT2D eigenvalue weighted by atomic mass is 10.0. The average molecular weight is 253 g/mol. The van der Waals surface area contributed by atoms with Crippen LogP contribution in [0.3, 0.4) is 0 Å². The molecule has 1 aromatic rings. The van der Waals surface area contributed by atoms with E-state index in [4.69, 9.17) is 4.74 Å². The van der Waals surface area contributed by atoms with Crippen molar-refractivity contribution in [2.45, 2.75) is 46.6 Å². The second kappa shape index (κ2) is 8.14. The van der Waals surface area contributed by atoms with Crippen LogP contribution >= 0.6 is 0 Å². The van der Waals surface area contributed by atoms with E-state index in [1.165, 1.54) is 12.8 Å². The summed E-state index contributed by atoms with van der Waals surface area (Å²) >= 11 is 0. The molecule has 0 atom stereocenters. The molecule has 0 aliphatic rings. The number of anilines is 1. The summed E-state index contributed by atoms with van der Waals surface area (Å²) in [4.78, 5) is 4.54. The van der Waals surface area contributed by atoms with Crippen molar-refractivity contribution in [3.05, 3.63) is 11.9 Å². The molecule has 1 N–H and O–H groups in total. The first-order chi connectivity index (χ1) is 8.71. The van der Waals surface area contributed by atoms with Gasteiger partial charge in [0.15, 0.2) is 0 Å². The molecule has 0 saturated heterocycles. The maximum absolute atomic E-state index is 5.09. The minimum atomic E-state index is 0.731. The Bertz CT molecular complexity index is 332. The second-order valence-electron chi connectivity index (χ2n) is 4.81. The van der Waals surface area contributed by atoms with Crippen LogP contribution in [0.5, 0.6) is 0 Å². The van der Waals surface area contributed by atoms with Gasteiger partial charge in [0.25, 0.3) is 0 Å². The monoisotopic (exact) mass is 253 g/mol. The summed E-state index contributed by atoms with van der Waals surface area (Å²) in [5, 5.41) is 3.47. The Hall–Kier alpha value is -1.03. The van der Waals surface area contributed by atoms with Gasteiger partial charge in [-0.05, 0) is 19.3 Å². The van der Waals surface area contributed by atoms with Crippen molar-refractivity contribution >= 4 is 5.95 Å². The number of nitrogens with one attached hydrogen (secondary N) is 1. The molecule has 0 aromatic carbocycles. The van der Waals surface area contributed by atoms with Crippen molar-refractivity contribution in [2.24, 2.45) is 5.92 Å². The van der Waals surface area contributed by atoms with E-state index >= 15 is 0 Å². The van der Waals surface area contributed by atoms with E-state index in [0.717, 1.165) is 43.7 Å². The number of aryl methyl sites for hydroxylation is 2. The summed E-state index contributed by atoms with van der Waals surface area (Å²) in [6.07, 6.45) is 5.55. The minimum absolute atomic E-state index is 0.731. The van der Waals surface area contributed by atoms with Crippen LogP contribution in [-0.2, 0) is 11.3 Å². The van der Waals surface area contributed by atoms with Crippen molar-refractivity contribution in [1.82, 2.24) is 9.55 Å². The Morgan fingerprint density at radius 2 is 2.11 bits per heavy atom.